The molecule has 0 bridgehead atoms. The molecule has 5 nitrogen and oxygen atoms in total. The Balaban J connectivity index is 2.31. The molecule has 1 atom stereocenters. The van der Waals surface area contributed by atoms with Gasteiger partial charge in [0.15, 0.2) is 11.6 Å². The van der Waals surface area contributed by atoms with Crippen molar-refractivity contribution in [3.8, 4) is 0 Å². The molecule has 0 saturated carbocycles. The second-order valence-corrected chi connectivity index (χ2v) is 7.32. The molecule has 0 aliphatic carbocycles. The maximum atomic E-state index is 13.9. The third kappa shape index (κ3) is 5.01. The number of hydrogen-bond acceptors (Lipinski definition) is 3. The van der Waals surface area contributed by atoms with E-state index in [1.165, 1.54) is 4.72 Å². The highest BCUT2D eigenvalue weighted by Gasteiger charge is 2.39. The summed E-state index contributed by atoms with van der Waals surface area (Å²) in [4.78, 5) is 11.3. The largest absolute Gasteiger partial charge is 0.404 e. The maximum absolute atomic E-state index is 13.9. The van der Waals surface area contributed by atoms with E-state index in [4.69, 9.17) is 0 Å². The second kappa shape index (κ2) is 7.80. The first kappa shape index (κ1) is 21.7. The van der Waals surface area contributed by atoms with Gasteiger partial charge < -0.3 is 5.32 Å². The highest BCUT2D eigenvalue weighted by atomic mass is 32.2. The molecule has 1 unspecified atom stereocenters. The Hall–Kier alpha value is -2.60. The molecule has 0 aromatic heterocycles. The van der Waals surface area contributed by atoms with Gasteiger partial charge in [0.1, 0.15) is 11.9 Å². The normalized spacial score (nSPS) is 13.2. The lowest BCUT2D eigenvalue weighted by atomic mass is 10.2. The summed E-state index contributed by atoms with van der Waals surface area (Å²) in [6, 6.07) is 1.63. The van der Waals surface area contributed by atoms with Crippen molar-refractivity contribution in [2.75, 3.05) is 5.32 Å². The molecule has 2 N–H and O–H groups in total. The third-order valence-corrected chi connectivity index (χ3v) is 5.03. The maximum Gasteiger partial charge on any atom is 0.404 e. The number of benzene rings is 2. The average Bonchev–Trinajstić information content (AvgIpc) is 2.57. The van der Waals surface area contributed by atoms with Crippen LogP contribution in [0, 0.1) is 17.5 Å². The van der Waals surface area contributed by atoms with Gasteiger partial charge in [0.05, 0.1) is 10.5 Å². The van der Waals surface area contributed by atoms with Gasteiger partial charge in [-0.3, -0.25) is 4.79 Å². The minimum atomic E-state index is -4.86. The summed E-state index contributed by atoms with van der Waals surface area (Å²) in [7, 11) is -4.73. The molecule has 2 aromatic rings. The molecule has 2 aromatic carbocycles. The summed E-state index contributed by atoms with van der Waals surface area (Å²) in [6.45, 7) is 0.567. The Labute approximate surface area is 155 Å². The molecule has 0 aliphatic rings. The fourth-order valence-corrected chi connectivity index (χ4v) is 3.24. The van der Waals surface area contributed by atoms with Crippen molar-refractivity contribution in [3.63, 3.8) is 0 Å². The summed E-state index contributed by atoms with van der Waals surface area (Å²) >= 11 is 0. The lowest BCUT2D eigenvalue weighted by Crippen LogP contribution is -2.43. The van der Waals surface area contributed by atoms with E-state index < -0.39 is 56.1 Å². The van der Waals surface area contributed by atoms with Crippen LogP contribution in [-0.4, -0.2) is 26.5 Å². The summed E-state index contributed by atoms with van der Waals surface area (Å²) in [5.74, 6) is -4.88. The van der Waals surface area contributed by atoms with Gasteiger partial charge in [-0.25, -0.2) is 21.6 Å². The quantitative estimate of drug-likeness (QED) is 0.718. The molecule has 0 aliphatic heterocycles. The van der Waals surface area contributed by atoms with E-state index >= 15 is 0 Å². The Bertz CT molecular complexity index is 1010. The molecule has 12 heteroatoms. The minimum absolute atomic E-state index is 0.250. The first-order chi connectivity index (χ1) is 12.8. The Morgan fingerprint density at radius 1 is 0.964 bits per heavy atom. The second-order valence-electron chi connectivity index (χ2n) is 5.61. The Morgan fingerprint density at radius 2 is 1.57 bits per heavy atom. The van der Waals surface area contributed by atoms with Crippen LogP contribution in [0.4, 0.5) is 32.0 Å². The van der Waals surface area contributed by atoms with Gasteiger partial charge in [-0.2, -0.15) is 17.9 Å². The number of amides is 1. The lowest BCUT2D eigenvalue weighted by molar-refractivity contribution is -0.147. The zero-order valence-corrected chi connectivity index (χ0v) is 14.8. The van der Waals surface area contributed by atoms with Crippen LogP contribution in [0.1, 0.15) is 17.3 Å². The summed E-state index contributed by atoms with van der Waals surface area (Å²) in [6.07, 6.45) is -4.86. The standard InChI is InChI=1S/C16H12F6N2O3S/c1-8(16(20,21)22)24-28(26,27)10-3-5-12(17)11(7-10)15(25)23-9-2-4-13(18)14(19)6-9/h2-8,24H,1H3,(H,23,25). The van der Waals surface area contributed by atoms with E-state index in [9.17, 15) is 39.6 Å². The minimum Gasteiger partial charge on any atom is -0.322 e. The molecule has 0 heterocycles. The lowest BCUT2D eigenvalue weighted by Gasteiger charge is -2.17. The van der Waals surface area contributed by atoms with Gasteiger partial charge in [0.25, 0.3) is 5.91 Å². The van der Waals surface area contributed by atoms with Crippen molar-refractivity contribution in [2.24, 2.45) is 0 Å². The zero-order valence-electron chi connectivity index (χ0n) is 13.9. The van der Waals surface area contributed by atoms with Crippen LogP contribution in [0.25, 0.3) is 0 Å². The van der Waals surface area contributed by atoms with Crippen molar-refractivity contribution < 1.29 is 39.6 Å². The van der Waals surface area contributed by atoms with Gasteiger partial charge >= 0.3 is 6.18 Å². The smallest absolute Gasteiger partial charge is 0.322 e. The molecule has 0 radical (unpaired) electrons. The van der Waals surface area contributed by atoms with Crippen molar-refractivity contribution in [3.05, 3.63) is 59.4 Å². The van der Waals surface area contributed by atoms with Crippen LogP contribution in [0.5, 0.6) is 0 Å². The number of carbonyl (C=O) groups is 1. The van der Waals surface area contributed by atoms with Crippen LogP contribution in [0.3, 0.4) is 0 Å². The van der Waals surface area contributed by atoms with Crippen molar-refractivity contribution in [2.45, 2.75) is 24.0 Å². The SMILES string of the molecule is CC(NS(=O)(=O)c1ccc(F)c(C(=O)Nc2ccc(F)c(F)c2)c1)C(F)(F)F. The van der Waals surface area contributed by atoms with Gasteiger partial charge in [-0.05, 0) is 37.3 Å². The van der Waals surface area contributed by atoms with Gasteiger partial charge in [0.2, 0.25) is 10.0 Å². The number of halogens is 6. The monoisotopic (exact) mass is 426 g/mol. The van der Waals surface area contributed by atoms with Crippen LogP contribution < -0.4 is 10.0 Å². The zero-order chi connectivity index (χ0) is 21.3. The van der Waals surface area contributed by atoms with Crippen LogP contribution >= 0.6 is 0 Å². The van der Waals surface area contributed by atoms with Crippen LogP contribution in [0.15, 0.2) is 41.3 Å². The molecule has 0 spiro atoms. The van der Waals surface area contributed by atoms with Crippen LogP contribution in [-0.2, 0) is 10.0 Å². The van der Waals surface area contributed by atoms with E-state index in [1.807, 2.05) is 5.32 Å². The van der Waals surface area contributed by atoms with E-state index in [0.29, 0.717) is 37.3 Å². The molecule has 152 valence electrons. The third-order valence-electron chi connectivity index (χ3n) is 3.49. The van der Waals surface area contributed by atoms with Gasteiger partial charge in [-0.1, -0.05) is 0 Å². The number of sulfonamides is 1. The Kier molecular flexibility index (Phi) is 6.04. The fourth-order valence-electron chi connectivity index (χ4n) is 1.99. The highest BCUT2D eigenvalue weighted by Crippen LogP contribution is 2.23. The predicted octanol–water partition coefficient (Wildman–Crippen LogP) is 3.59. The summed E-state index contributed by atoms with van der Waals surface area (Å²) in [5, 5.41) is 2.03. The van der Waals surface area contributed by atoms with E-state index in [-0.39, 0.29) is 5.69 Å². The molecule has 2 rings (SSSR count). The molecule has 1 amide bonds. The molecule has 0 saturated heterocycles. The Morgan fingerprint density at radius 3 is 2.14 bits per heavy atom. The average molecular weight is 426 g/mol. The van der Waals surface area contributed by atoms with Crippen molar-refractivity contribution in [1.82, 2.24) is 4.72 Å². The van der Waals surface area contributed by atoms with Crippen molar-refractivity contribution in [1.29, 1.82) is 0 Å². The highest BCUT2D eigenvalue weighted by molar-refractivity contribution is 7.89. The number of rotatable bonds is 5. The first-order valence-corrected chi connectivity index (χ1v) is 8.94. The number of hydrogen-bond donors (Lipinski definition) is 2. The van der Waals surface area contributed by atoms with Gasteiger partial charge in [0, 0.05) is 11.8 Å². The molecule has 0 fully saturated rings. The van der Waals surface area contributed by atoms with Gasteiger partial charge in [-0.15, -0.1) is 0 Å². The number of alkyl halides is 3. The predicted molar refractivity (Wildman–Crippen MR) is 86.5 cm³/mol. The van der Waals surface area contributed by atoms with E-state index in [2.05, 4.69) is 0 Å². The molecular weight excluding hydrogens is 414 g/mol. The molecular formula is C16H12F6N2O3S. The molecule has 28 heavy (non-hydrogen) atoms. The number of nitrogens with one attached hydrogen (secondary N) is 2. The topological polar surface area (TPSA) is 75.3 Å². The fraction of sp³-hybridized carbons (Fsp3) is 0.188. The first-order valence-electron chi connectivity index (χ1n) is 7.46. The number of anilines is 1. The van der Waals surface area contributed by atoms with Crippen molar-refractivity contribution >= 4 is 21.6 Å². The van der Waals surface area contributed by atoms with E-state index in [1.54, 1.807) is 0 Å². The summed E-state index contributed by atoms with van der Waals surface area (Å²) in [5.41, 5.74) is -1.08. The summed E-state index contributed by atoms with van der Waals surface area (Å²) < 4.78 is 103. The van der Waals surface area contributed by atoms with E-state index in [0.717, 1.165) is 6.07 Å². The number of carbonyl (C=O) groups excluding carboxylic acids is 1. The van der Waals surface area contributed by atoms with Crippen LogP contribution in [0.2, 0.25) is 0 Å².